The molecular weight excluding hydrogens is 254 g/mol. The molecule has 1 amide bonds. The van der Waals surface area contributed by atoms with Gasteiger partial charge in [0.2, 0.25) is 5.91 Å². The molecule has 3 heteroatoms. The summed E-state index contributed by atoms with van der Waals surface area (Å²) in [6.07, 6.45) is 0. The molecule has 0 aliphatic heterocycles. The summed E-state index contributed by atoms with van der Waals surface area (Å²) in [6, 6.07) is 11.9. The zero-order valence-electron chi connectivity index (χ0n) is 8.25. The van der Waals surface area contributed by atoms with Crippen molar-refractivity contribution in [3.05, 3.63) is 40.9 Å². The fraction of sp³-hybridized carbons (Fsp3) is 0.0833. The zero-order chi connectivity index (χ0) is 10.8. The standard InChI is InChI=1S/C12H10BrNO/c1-8(15)14-12-7-10(13)6-9-4-2-3-5-11(9)12/h2-7H,1H3,(H,14,15). The van der Waals surface area contributed by atoms with Crippen molar-refractivity contribution < 1.29 is 4.79 Å². The lowest BCUT2D eigenvalue weighted by molar-refractivity contribution is -0.114. The normalized spacial score (nSPS) is 10.3. The number of benzene rings is 2. The number of rotatable bonds is 1. The van der Waals surface area contributed by atoms with Gasteiger partial charge in [0.25, 0.3) is 0 Å². The third kappa shape index (κ3) is 2.18. The van der Waals surface area contributed by atoms with Crippen molar-refractivity contribution in [1.82, 2.24) is 0 Å². The Hall–Kier alpha value is -1.35. The number of fused-ring (bicyclic) bond motifs is 1. The molecule has 0 aromatic heterocycles. The van der Waals surface area contributed by atoms with Crippen molar-refractivity contribution in [3.8, 4) is 0 Å². The van der Waals surface area contributed by atoms with Crippen LogP contribution >= 0.6 is 15.9 Å². The third-order valence-corrected chi connectivity index (χ3v) is 2.60. The van der Waals surface area contributed by atoms with E-state index in [0.717, 1.165) is 20.9 Å². The first kappa shape index (κ1) is 10.2. The molecule has 0 unspecified atom stereocenters. The molecule has 0 fully saturated rings. The number of hydrogen-bond acceptors (Lipinski definition) is 1. The van der Waals surface area contributed by atoms with Crippen molar-refractivity contribution in [3.63, 3.8) is 0 Å². The number of halogens is 1. The Morgan fingerprint density at radius 3 is 2.73 bits per heavy atom. The lowest BCUT2D eigenvalue weighted by atomic mass is 10.1. The molecule has 2 aromatic rings. The highest BCUT2D eigenvalue weighted by atomic mass is 79.9. The molecule has 2 rings (SSSR count). The topological polar surface area (TPSA) is 29.1 Å². The predicted octanol–water partition coefficient (Wildman–Crippen LogP) is 3.56. The van der Waals surface area contributed by atoms with Gasteiger partial charge in [-0.05, 0) is 17.5 Å². The first-order valence-corrected chi connectivity index (χ1v) is 5.42. The number of carbonyl (C=O) groups excluding carboxylic acids is 1. The van der Waals surface area contributed by atoms with Crippen molar-refractivity contribution in [1.29, 1.82) is 0 Å². The lowest BCUT2D eigenvalue weighted by Gasteiger charge is -2.07. The molecular formula is C12H10BrNO. The first-order valence-electron chi connectivity index (χ1n) is 4.63. The van der Waals surface area contributed by atoms with Crippen molar-refractivity contribution in [2.45, 2.75) is 6.92 Å². The molecule has 0 heterocycles. The van der Waals surface area contributed by atoms with E-state index in [9.17, 15) is 4.79 Å². The Morgan fingerprint density at radius 1 is 1.27 bits per heavy atom. The summed E-state index contributed by atoms with van der Waals surface area (Å²) >= 11 is 3.42. The van der Waals surface area contributed by atoms with Crippen LogP contribution < -0.4 is 5.32 Å². The second kappa shape index (κ2) is 4.03. The number of anilines is 1. The highest BCUT2D eigenvalue weighted by Gasteiger charge is 2.03. The van der Waals surface area contributed by atoms with Gasteiger partial charge < -0.3 is 5.32 Å². The number of hydrogen-bond donors (Lipinski definition) is 1. The Kier molecular flexibility index (Phi) is 2.73. The van der Waals surface area contributed by atoms with Crippen LogP contribution in [-0.2, 0) is 4.79 Å². The van der Waals surface area contributed by atoms with Gasteiger partial charge in [-0.3, -0.25) is 4.79 Å². The molecule has 76 valence electrons. The van der Waals surface area contributed by atoms with E-state index in [0.29, 0.717) is 0 Å². The average molecular weight is 264 g/mol. The quantitative estimate of drug-likeness (QED) is 0.838. The highest BCUT2D eigenvalue weighted by molar-refractivity contribution is 9.10. The van der Waals surface area contributed by atoms with Gasteiger partial charge in [-0.2, -0.15) is 0 Å². The summed E-state index contributed by atoms with van der Waals surface area (Å²) in [5, 5.41) is 4.98. The molecule has 0 bridgehead atoms. The Morgan fingerprint density at radius 2 is 2.00 bits per heavy atom. The summed E-state index contributed by atoms with van der Waals surface area (Å²) in [5.74, 6) is -0.0572. The average Bonchev–Trinajstić information content (AvgIpc) is 2.16. The zero-order valence-corrected chi connectivity index (χ0v) is 9.84. The Bertz CT molecular complexity index is 522. The van der Waals surface area contributed by atoms with Crippen LogP contribution in [0, 0.1) is 0 Å². The summed E-state index contributed by atoms with van der Waals surface area (Å²) in [4.78, 5) is 11.0. The number of carbonyl (C=O) groups is 1. The number of amides is 1. The van der Waals surface area contributed by atoms with Crippen LogP contribution in [0.5, 0.6) is 0 Å². The predicted molar refractivity (Wildman–Crippen MR) is 66.0 cm³/mol. The monoisotopic (exact) mass is 263 g/mol. The lowest BCUT2D eigenvalue weighted by Crippen LogP contribution is -2.06. The summed E-state index contributed by atoms with van der Waals surface area (Å²) in [5.41, 5.74) is 0.840. The molecule has 2 nitrogen and oxygen atoms in total. The van der Waals surface area contributed by atoms with Gasteiger partial charge in [0.05, 0.1) is 0 Å². The molecule has 1 N–H and O–H groups in total. The molecule has 0 saturated heterocycles. The van der Waals surface area contributed by atoms with E-state index < -0.39 is 0 Å². The second-order valence-corrected chi connectivity index (χ2v) is 4.27. The van der Waals surface area contributed by atoms with Crippen LogP contribution in [0.2, 0.25) is 0 Å². The SMILES string of the molecule is CC(=O)Nc1cc(Br)cc2ccccc12. The van der Waals surface area contributed by atoms with Gasteiger partial charge in [0, 0.05) is 22.5 Å². The summed E-state index contributed by atoms with van der Waals surface area (Å²) in [6.45, 7) is 1.51. The van der Waals surface area contributed by atoms with E-state index in [2.05, 4.69) is 21.2 Å². The van der Waals surface area contributed by atoms with Crippen LogP contribution in [0.3, 0.4) is 0 Å². The maximum atomic E-state index is 11.0. The van der Waals surface area contributed by atoms with Crippen LogP contribution in [0.15, 0.2) is 40.9 Å². The summed E-state index contributed by atoms with van der Waals surface area (Å²) < 4.78 is 0.963. The van der Waals surface area contributed by atoms with Crippen molar-refractivity contribution >= 4 is 38.3 Å². The van der Waals surface area contributed by atoms with E-state index >= 15 is 0 Å². The molecule has 2 aromatic carbocycles. The molecule has 0 saturated carbocycles. The van der Waals surface area contributed by atoms with Crippen LogP contribution in [0.4, 0.5) is 5.69 Å². The smallest absolute Gasteiger partial charge is 0.221 e. The molecule has 0 atom stereocenters. The van der Waals surface area contributed by atoms with E-state index in [4.69, 9.17) is 0 Å². The molecule has 0 aliphatic rings. The minimum Gasteiger partial charge on any atom is -0.326 e. The fourth-order valence-electron chi connectivity index (χ4n) is 1.57. The van der Waals surface area contributed by atoms with E-state index in [1.54, 1.807) is 0 Å². The van der Waals surface area contributed by atoms with Crippen LogP contribution in [-0.4, -0.2) is 5.91 Å². The molecule has 0 radical (unpaired) electrons. The molecule has 0 spiro atoms. The van der Waals surface area contributed by atoms with Crippen molar-refractivity contribution in [2.24, 2.45) is 0 Å². The van der Waals surface area contributed by atoms with Gasteiger partial charge in [-0.1, -0.05) is 40.2 Å². The number of nitrogens with one attached hydrogen (secondary N) is 1. The minimum atomic E-state index is -0.0572. The van der Waals surface area contributed by atoms with Crippen LogP contribution in [0.25, 0.3) is 10.8 Å². The first-order chi connectivity index (χ1) is 7.16. The van der Waals surface area contributed by atoms with Gasteiger partial charge in [0.15, 0.2) is 0 Å². The van der Waals surface area contributed by atoms with Crippen molar-refractivity contribution in [2.75, 3.05) is 5.32 Å². The largest absolute Gasteiger partial charge is 0.326 e. The van der Waals surface area contributed by atoms with Gasteiger partial charge in [-0.15, -0.1) is 0 Å². The van der Waals surface area contributed by atoms with Gasteiger partial charge >= 0.3 is 0 Å². The summed E-state index contributed by atoms with van der Waals surface area (Å²) in [7, 11) is 0. The Labute approximate surface area is 96.4 Å². The molecule has 15 heavy (non-hydrogen) atoms. The maximum absolute atomic E-state index is 11.0. The Balaban J connectivity index is 2.65. The molecule has 0 aliphatic carbocycles. The van der Waals surface area contributed by atoms with E-state index in [-0.39, 0.29) is 5.91 Å². The van der Waals surface area contributed by atoms with Gasteiger partial charge in [-0.25, -0.2) is 0 Å². The van der Waals surface area contributed by atoms with E-state index in [1.807, 2.05) is 36.4 Å². The van der Waals surface area contributed by atoms with Gasteiger partial charge in [0.1, 0.15) is 0 Å². The van der Waals surface area contributed by atoms with Crippen LogP contribution in [0.1, 0.15) is 6.92 Å². The van der Waals surface area contributed by atoms with E-state index in [1.165, 1.54) is 6.92 Å². The second-order valence-electron chi connectivity index (χ2n) is 3.36. The third-order valence-electron chi connectivity index (χ3n) is 2.14. The maximum Gasteiger partial charge on any atom is 0.221 e. The fourth-order valence-corrected chi connectivity index (χ4v) is 2.04. The highest BCUT2D eigenvalue weighted by Crippen LogP contribution is 2.27. The minimum absolute atomic E-state index is 0.0572.